The zero-order chi connectivity index (χ0) is 8.27. The molecular formula is C7H6N2O2. The minimum Gasteiger partial charge on any atom is -0.261 e. The minimum atomic E-state index is -0.817. The highest BCUT2D eigenvalue weighted by molar-refractivity contribution is 5.94. The maximum Gasteiger partial charge on any atom is 0.335 e. The average molecular weight is 150 g/mol. The summed E-state index contributed by atoms with van der Waals surface area (Å²) in [4.78, 5) is 24.2. The van der Waals surface area contributed by atoms with Gasteiger partial charge in [-0.05, 0) is 18.6 Å². The third-order valence-corrected chi connectivity index (χ3v) is 1.29. The van der Waals surface area contributed by atoms with Crippen LogP contribution in [-0.2, 0) is 0 Å². The van der Waals surface area contributed by atoms with E-state index in [1.807, 2.05) is 0 Å². The first kappa shape index (κ1) is 7.53. The third kappa shape index (κ3) is 1.46. The summed E-state index contributed by atoms with van der Waals surface area (Å²) >= 11 is 0. The summed E-state index contributed by atoms with van der Waals surface area (Å²) in [5.41, 5.74) is 0.791. The second kappa shape index (κ2) is 3.01. The summed E-state index contributed by atoms with van der Waals surface area (Å²) in [6.45, 7) is 1.70. The quantitative estimate of drug-likeness (QED) is 0.567. The molecule has 0 unspecified atom stereocenters. The van der Waals surface area contributed by atoms with Gasteiger partial charge < -0.3 is 0 Å². The van der Waals surface area contributed by atoms with Crippen molar-refractivity contribution in [3.8, 4) is 0 Å². The van der Waals surface area contributed by atoms with E-state index < -0.39 is 5.91 Å². The average Bonchev–Trinajstić information content (AvgIpc) is 2.04. The monoisotopic (exact) mass is 150 g/mol. The molecule has 1 amide bonds. The van der Waals surface area contributed by atoms with Crippen LogP contribution in [0, 0.1) is 11.8 Å². The molecule has 0 aliphatic heterocycles. The Hall–Kier alpha value is -1.58. The molecule has 0 saturated carbocycles. The Bertz CT molecular complexity index is 296. The Morgan fingerprint density at radius 2 is 2.36 bits per heavy atom. The van der Waals surface area contributed by atoms with Crippen molar-refractivity contribution in [3.05, 3.63) is 34.5 Å². The standard InChI is InChI=1S/C7H6N2O2/c1-5-3-2-4-8-6(5)7(10)9-11/h2-4H,1H3. The molecule has 0 bridgehead atoms. The summed E-state index contributed by atoms with van der Waals surface area (Å²) < 4.78 is 0. The molecule has 0 aliphatic carbocycles. The van der Waals surface area contributed by atoms with Gasteiger partial charge in [-0.3, -0.25) is 9.78 Å². The predicted octanol–water partition coefficient (Wildman–Crippen LogP) is 1.30. The lowest BCUT2D eigenvalue weighted by Crippen LogP contribution is -1.99. The predicted molar refractivity (Wildman–Crippen MR) is 39.1 cm³/mol. The highest BCUT2D eigenvalue weighted by Gasteiger charge is 2.08. The summed E-state index contributed by atoms with van der Waals surface area (Å²) in [6, 6.07) is 3.39. The van der Waals surface area contributed by atoms with Gasteiger partial charge in [0.05, 0.1) is 0 Å². The van der Waals surface area contributed by atoms with E-state index in [1.165, 1.54) is 6.20 Å². The van der Waals surface area contributed by atoms with Gasteiger partial charge >= 0.3 is 5.91 Å². The van der Waals surface area contributed by atoms with Crippen molar-refractivity contribution < 1.29 is 4.79 Å². The van der Waals surface area contributed by atoms with Gasteiger partial charge in [0, 0.05) is 11.4 Å². The van der Waals surface area contributed by atoms with Crippen LogP contribution in [0.4, 0.5) is 0 Å². The summed E-state index contributed by atoms with van der Waals surface area (Å²) in [5.74, 6) is -0.817. The molecule has 1 aromatic heterocycles. The van der Waals surface area contributed by atoms with E-state index in [4.69, 9.17) is 0 Å². The molecule has 0 fully saturated rings. The molecule has 11 heavy (non-hydrogen) atoms. The number of amides is 1. The van der Waals surface area contributed by atoms with Crippen molar-refractivity contribution in [2.45, 2.75) is 6.92 Å². The van der Waals surface area contributed by atoms with Crippen LogP contribution in [0.25, 0.3) is 0 Å². The Morgan fingerprint density at radius 1 is 1.64 bits per heavy atom. The fourth-order valence-electron chi connectivity index (χ4n) is 0.753. The number of hydrogen-bond donors (Lipinski definition) is 0. The van der Waals surface area contributed by atoms with Crippen LogP contribution >= 0.6 is 0 Å². The summed E-state index contributed by atoms with van der Waals surface area (Å²) in [5, 5.41) is 2.27. The first-order valence-electron chi connectivity index (χ1n) is 3.05. The van der Waals surface area contributed by atoms with Crippen LogP contribution in [0.15, 0.2) is 23.5 Å². The van der Waals surface area contributed by atoms with Crippen LogP contribution in [0.1, 0.15) is 16.1 Å². The largest absolute Gasteiger partial charge is 0.335 e. The number of nitroso groups, excluding NO2 is 1. The van der Waals surface area contributed by atoms with Gasteiger partial charge in [-0.25, -0.2) is 0 Å². The van der Waals surface area contributed by atoms with E-state index in [1.54, 1.807) is 19.1 Å². The second-order valence-electron chi connectivity index (χ2n) is 2.07. The fourth-order valence-corrected chi connectivity index (χ4v) is 0.753. The SMILES string of the molecule is Cc1cccnc1C(=O)N=O. The Balaban J connectivity index is 3.13. The van der Waals surface area contributed by atoms with Gasteiger partial charge in [0.15, 0.2) is 0 Å². The topological polar surface area (TPSA) is 59.4 Å². The molecular weight excluding hydrogens is 144 g/mol. The van der Waals surface area contributed by atoms with Gasteiger partial charge in [0.2, 0.25) is 0 Å². The van der Waals surface area contributed by atoms with Crippen molar-refractivity contribution in [3.63, 3.8) is 0 Å². The molecule has 1 rings (SSSR count). The summed E-state index contributed by atoms with van der Waals surface area (Å²) in [6.07, 6.45) is 1.45. The highest BCUT2D eigenvalue weighted by Crippen LogP contribution is 2.03. The Morgan fingerprint density at radius 3 is 2.91 bits per heavy atom. The van der Waals surface area contributed by atoms with Crippen LogP contribution < -0.4 is 0 Å². The molecule has 1 aromatic rings. The lowest BCUT2D eigenvalue weighted by molar-refractivity contribution is 0.0995. The van der Waals surface area contributed by atoms with E-state index >= 15 is 0 Å². The first-order chi connectivity index (χ1) is 5.25. The smallest absolute Gasteiger partial charge is 0.261 e. The number of rotatable bonds is 1. The number of hydrogen-bond acceptors (Lipinski definition) is 3. The van der Waals surface area contributed by atoms with Crippen molar-refractivity contribution >= 4 is 5.91 Å². The molecule has 0 aromatic carbocycles. The van der Waals surface area contributed by atoms with E-state index in [2.05, 4.69) is 10.2 Å². The molecule has 0 atom stereocenters. The Kier molecular flexibility index (Phi) is 2.06. The fraction of sp³-hybridized carbons (Fsp3) is 0.143. The van der Waals surface area contributed by atoms with Crippen molar-refractivity contribution in [2.75, 3.05) is 0 Å². The molecule has 0 N–H and O–H groups in total. The maximum atomic E-state index is 10.7. The van der Waals surface area contributed by atoms with Crippen LogP contribution in [0.5, 0.6) is 0 Å². The lowest BCUT2D eigenvalue weighted by atomic mass is 10.2. The number of carbonyl (C=O) groups is 1. The van der Waals surface area contributed by atoms with Gasteiger partial charge in [-0.2, -0.15) is 0 Å². The molecule has 1 heterocycles. The van der Waals surface area contributed by atoms with Crippen LogP contribution in [-0.4, -0.2) is 10.9 Å². The number of aromatic nitrogens is 1. The third-order valence-electron chi connectivity index (χ3n) is 1.29. The number of nitrogens with zero attached hydrogens (tertiary/aromatic N) is 2. The van der Waals surface area contributed by atoms with Gasteiger partial charge in [-0.1, -0.05) is 6.07 Å². The lowest BCUT2D eigenvalue weighted by Gasteiger charge is -1.94. The second-order valence-corrected chi connectivity index (χ2v) is 2.07. The molecule has 0 aliphatic rings. The summed E-state index contributed by atoms with van der Waals surface area (Å²) in [7, 11) is 0. The van der Waals surface area contributed by atoms with Crippen molar-refractivity contribution in [1.29, 1.82) is 0 Å². The van der Waals surface area contributed by atoms with E-state index in [0.717, 1.165) is 0 Å². The highest BCUT2D eigenvalue weighted by atomic mass is 16.3. The zero-order valence-electron chi connectivity index (χ0n) is 5.94. The van der Waals surface area contributed by atoms with Crippen LogP contribution in [0.3, 0.4) is 0 Å². The molecule has 0 spiro atoms. The minimum absolute atomic E-state index is 0.127. The van der Waals surface area contributed by atoms with E-state index in [0.29, 0.717) is 5.56 Å². The maximum absolute atomic E-state index is 10.7. The Labute approximate surface area is 63.2 Å². The van der Waals surface area contributed by atoms with E-state index in [-0.39, 0.29) is 5.69 Å². The first-order valence-corrected chi connectivity index (χ1v) is 3.05. The molecule has 0 saturated heterocycles. The van der Waals surface area contributed by atoms with Crippen molar-refractivity contribution in [2.24, 2.45) is 5.18 Å². The number of aryl methyl sites for hydroxylation is 1. The van der Waals surface area contributed by atoms with Gasteiger partial charge in [0.1, 0.15) is 5.69 Å². The molecule has 4 nitrogen and oxygen atoms in total. The molecule has 4 heteroatoms. The molecule has 56 valence electrons. The van der Waals surface area contributed by atoms with Crippen molar-refractivity contribution in [1.82, 2.24) is 4.98 Å². The number of pyridine rings is 1. The molecule has 0 radical (unpaired) electrons. The van der Waals surface area contributed by atoms with Gasteiger partial charge in [0.25, 0.3) is 0 Å². The zero-order valence-corrected chi connectivity index (χ0v) is 5.94. The van der Waals surface area contributed by atoms with Gasteiger partial charge in [-0.15, -0.1) is 4.91 Å². The van der Waals surface area contributed by atoms with Crippen LogP contribution in [0.2, 0.25) is 0 Å². The number of carbonyl (C=O) groups excluding carboxylic acids is 1. The van der Waals surface area contributed by atoms with E-state index in [9.17, 15) is 9.70 Å². The normalized spacial score (nSPS) is 9.18.